The van der Waals surface area contributed by atoms with Crippen molar-refractivity contribution in [3.8, 4) is 0 Å². The van der Waals surface area contributed by atoms with Crippen LogP contribution in [0.5, 0.6) is 0 Å². The van der Waals surface area contributed by atoms with Crippen LogP contribution in [0.2, 0.25) is 0 Å². The molecule has 0 unspecified atom stereocenters. The molecule has 2 N–H and O–H groups in total. The van der Waals surface area contributed by atoms with Gasteiger partial charge in [0.2, 0.25) is 10.0 Å². The van der Waals surface area contributed by atoms with Gasteiger partial charge in [0.05, 0.1) is 11.3 Å². The van der Waals surface area contributed by atoms with Gasteiger partial charge in [0.25, 0.3) is 5.91 Å². The van der Waals surface area contributed by atoms with E-state index in [2.05, 4.69) is 10.0 Å². The van der Waals surface area contributed by atoms with Gasteiger partial charge >= 0.3 is 5.97 Å². The van der Waals surface area contributed by atoms with Crippen LogP contribution in [0.4, 0.5) is 0 Å². The Kier molecular flexibility index (Phi) is 8.64. The number of hydrogen-bond donors (Lipinski definition) is 2. The number of carbonyl (C=O) groups excluding carboxylic acids is 2. The highest BCUT2D eigenvalue weighted by Gasteiger charge is 2.22. The van der Waals surface area contributed by atoms with Crippen molar-refractivity contribution in [2.75, 3.05) is 6.54 Å². The molecule has 1 atom stereocenters. The van der Waals surface area contributed by atoms with Gasteiger partial charge in [-0.15, -0.1) is 0 Å². The summed E-state index contributed by atoms with van der Waals surface area (Å²) < 4.78 is 32.4. The maximum atomic E-state index is 12.4. The van der Waals surface area contributed by atoms with Crippen molar-refractivity contribution in [1.82, 2.24) is 10.0 Å². The summed E-state index contributed by atoms with van der Waals surface area (Å²) in [5.41, 5.74) is 1.62. The molecule has 0 aromatic heterocycles. The van der Waals surface area contributed by atoms with E-state index >= 15 is 0 Å². The smallest absolute Gasteiger partial charge is 0.307 e. The van der Waals surface area contributed by atoms with E-state index in [-0.39, 0.29) is 29.8 Å². The Hall–Kier alpha value is -1.93. The summed E-state index contributed by atoms with van der Waals surface area (Å²) in [6.07, 6.45) is 5.43. The third-order valence-electron chi connectivity index (χ3n) is 5.12. The molecule has 1 aliphatic carbocycles. The van der Waals surface area contributed by atoms with Crippen molar-refractivity contribution in [1.29, 1.82) is 0 Å². The SMILES string of the molecule is Cc1ccc(S(=O)(=O)NCCC(=O)O[C@H](C)C(=O)NC2CCCCCC2)c(C)c1. The molecule has 1 aliphatic rings. The van der Waals surface area contributed by atoms with Crippen molar-refractivity contribution in [2.45, 2.75) is 82.8 Å². The number of amides is 1. The van der Waals surface area contributed by atoms with Crippen LogP contribution in [0.1, 0.15) is 63.0 Å². The predicted molar refractivity (Wildman–Crippen MR) is 111 cm³/mol. The first kappa shape index (κ1) is 23.3. The summed E-state index contributed by atoms with van der Waals surface area (Å²) >= 11 is 0. The molecular weight excluding hydrogens is 392 g/mol. The maximum absolute atomic E-state index is 12.4. The van der Waals surface area contributed by atoms with Crippen LogP contribution in [-0.4, -0.2) is 39.0 Å². The molecule has 7 nitrogen and oxygen atoms in total. The molecule has 0 spiro atoms. The van der Waals surface area contributed by atoms with Crippen LogP contribution < -0.4 is 10.0 Å². The Morgan fingerprint density at radius 2 is 1.79 bits per heavy atom. The van der Waals surface area contributed by atoms with Gasteiger partial charge in [0, 0.05) is 12.6 Å². The molecule has 0 aliphatic heterocycles. The molecule has 1 amide bonds. The normalized spacial score (nSPS) is 16.7. The highest BCUT2D eigenvalue weighted by Crippen LogP contribution is 2.18. The molecular formula is C21H32N2O5S. The fourth-order valence-electron chi connectivity index (χ4n) is 3.52. The van der Waals surface area contributed by atoms with E-state index in [0.717, 1.165) is 31.2 Å². The van der Waals surface area contributed by atoms with Gasteiger partial charge in [0.1, 0.15) is 0 Å². The zero-order valence-corrected chi connectivity index (χ0v) is 18.3. The molecule has 1 aromatic carbocycles. The highest BCUT2D eigenvalue weighted by molar-refractivity contribution is 7.89. The lowest BCUT2D eigenvalue weighted by atomic mass is 10.1. The Labute approximate surface area is 173 Å². The molecule has 0 heterocycles. The first-order chi connectivity index (χ1) is 13.7. The zero-order chi connectivity index (χ0) is 21.4. The summed E-state index contributed by atoms with van der Waals surface area (Å²) in [6.45, 7) is 5.06. The topological polar surface area (TPSA) is 102 Å². The maximum Gasteiger partial charge on any atom is 0.307 e. The molecule has 8 heteroatoms. The Morgan fingerprint density at radius 1 is 1.14 bits per heavy atom. The van der Waals surface area contributed by atoms with Crippen LogP contribution in [0.25, 0.3) is 0 Å². The third-order valence-corrected chi connectivity index (χ3v) is 6.74. The number of hydrogen-bond acceptors (Lipinski definition) is 5. The summed E-state index contributed by atoms with van der Waals surface area (Å²) in [5.74, 6) is -0.919. The molecule has 162 valence electrons. The standard InChI is InChI=1S/C21H32N2O5S/c1-15-10-11-19(16(2)14-15)29(26,27)22-13-12-20(24)28-17(3)21(25)23-18-8-6-4-5-7-9-18/h10-11,14,17-18,22H,4-9,12-13H2,1-3H3,(H,23,25)/t17-/m1/s1. The van der Waals surface area contributed by atoms with Gasteiger partial charge in [0.15, 0.2) is 6.10 Å². The van der Waals surface area contributed by atoms with Gasteiger partial charge < -0.3 is 10.1 Å². The van der Waals surface area contributed by atoms with E-state index in [0.29, 0.717) is 5.56 Å². The van der Waals surface area contributed by atoms with E-state index in [9.17, 15) is 18.0 Å². The van der Waals surface area contributed by atoms with Crippen LogP contribution in [-0.2, 0) is 24.3 Å². The number of rotatable bonds is 8. The average molecular weight is 425 g/mol. The molecule has 2 rings (SSSR count). The second kappa shape index (κ2) is 10.7. The molecule has 29 heavy (non-hydrogen) atoms. The van der Waals surface area contributed by atoms with Gasteiger partial charge in [-0.2, -0.15) is 0 Å². The largest absolute Gasteiger partial charge is 0.453 e. The van der Waals surface area contributed by atoms with Crippen molar-refractivity contribution in [3.05, 3.63) is 29.3 Å². The number of nitrogens with one attached hydrogen (secondary N) is 2. The Balaban J connectivity index is 1.77. The number of carbonyl (C=O) groups is 2. The fraction of sp³-hybridized carbons (Fsp3) is 0.619. The van der Waals surface area contributed by atoms with Gasteiger partial charge in [-0.25, -0.2) is 13.1 Å². The van der Waals surface area contributed by atoms with Gasteiger partial charge in [-0.3, -0.25) is 9.59 Å². The first-order valence-corrected chi connectivity index (χ1v) is 11.7. The minimum Gasteiger partial charge on any atom is -0.453 e. The van der Waals surface area contributed by atoms with E-state index in [4.69, 9.17) is 4.74 Å². The average Bonchev–Trinajstić information content (AvgIpc) is 2.89. The molecule has 0 radical (unpaired) electrons. The van der Waals surface area contributed by atoms with E-state index in [1.165, 1.54) is 19.8 Å². The predicted octanol–water partition coefficient (Wildman–Crippen LogP) is 2.74. The van der Waals surface area contributed by atoms with Gasteiger partial charge in [-0.05, 0) is 45.2 Å². The highest BCUT2D eigenvalue weighted by atomic mass is 32.2. The van der Waals surface area contributed by atoms with Crippen molar-refractivity contribution in [3.63, 3.8) is 0 Å². The third kappa shape index (κ3) is 7.44. The molecule has 0 saturated heterocycles. The number of sulfonamides is 1. The number of aryl methyl sites for hydroxylation is 2. The number of benzene rings is 1. The minimum atomic E-state index is -3.71. The van der Waals surface area contributed by atoms with Crippen LogP contribution >= 0.6 is 0 Å². The number of esters is 1. The molecule has 1 fully saturated rings. The summed E-state index contributed by atoms with van der Waals surface area (Å²) in [6, 6.07) is 5.20. The summed E-state index contributed by atoms with van der Waals surface area (Å²) in [5, 5.41) is 2.95. The Bertz CT molecular complexity index is 814. The lowest BCUT2D eigenvalue weighted by Gasteiger charge is -2.19. The van der Waals surface area contributed by atoms with Crippen molar-refractivity contribution in [2.24, 2.45) is 0 Å². The van der Waals surface area contributed by atoms with Crippen molar-refractivity contribution >= 4 is 21.9 Å². The summed E-state index contributed by atoms with van der Waals surface area (Å²) in [7, 11) is -3.71. The quantitative estimate of drug-likeness (QED) is 0.494. The second-order valence-corrected chi connectivity index (χ2v) is 9.48. The lowest BCUT2D eigenvalue weighted by molar-refractivity contribution is -0.154. The fourth-order valence-corrected chi connectivity index (χ4v) is 4.77. The molecule has 0 bridgehead atoms. The molecule has 1 saturated carbocycles. The van der Waals surface area contributed by atoms with E-state index in [1.807, 2.05) is 6.92 Å². The Morgan fingerprint density at radius 3 is 2.41 bits per heavy atom. The second-order valence-electron chi connectivity index (χ2n) is 7.75. The lowest BCUT2D eigenvalue weighted by Crippen LogP contribution is -2.42. The van der Waals surface area contributed by atoms with E-state index in [1.54, 1.807) is 25.1 Å². The van der Waals surface area contributed by atoms with Gasteiger partial charge in [-0.1, -0.05) is 43.4 Å². The monoisotopic (exact) mass is 424 g/mol. The van der Waals surface area contributed by atoms with Crippen LogP contribution in [0.15, 0.2) is 23.1 Å². The number of ether oxygens (including phenoxy) is 1. The minimum absolute atomic E-state index is 0.0918. The molecule has 1 aromatic rings. The van der Waals surface area contributed by atoms with E-state index < -0.39 is 22.1 Å². The van der Waals surface area contributed by atoms with Crippen LogP contribution in [0.3, 0.4) is 0 Å². The zero-order valence-electron chi connectivity index (χ0n) is 17.5. The van der Waals surface area contributed by atoms with Crippen molar-refractivity contribution < 1.29 is 22.7 Å². The summed E-state index contributed by atoms with van der Waals surface area (Å²) in [4.78, 5) is 24.4. The first-order valence-electron chi connectivity index (χ1n) is 10.3. The van der Waals surface area contributed by atoms with Crippen LogP contribution in [0, 0.1) is 13.8 Å².